The van der Waals surface area contributed by atoms with Gasteiger partial charge in [0.15, 0.2) is 0 Å². The number of benzene rings is 2. The van der Waals surface area contributed by atoms with Crippen LogP contribution in [0.15, 0.2) is 68.9 Å². The van der Waals surface area contributed by atoms with E-state index in [0.717, 1.165) is 16.5 Å². The fourth-order valence-corrected chi connectivity index (χ4v) is 3.27. The summed E-state index contributed by atoms with van der Waals surface area (Å²) in [5, 5.41) is 6.73. The molecule has 2 aromatic carbocycles. The topological polar surface area (TPSA) is 62.9 Å². The largest absolute Gasteiger partial charge is 0.422 e. The van der Waals surface area contributed by atoms with Crippen molar-refractivity contribution in [2.75, 3.05) is 0 Å². The summed E-state index contributed by atoms with van der Waals surface area (Å²) in [6.45, 7) is 3.50. The first-order chi connectivity index (χ1) is 12.5. The van der Waals surface area contributed by atoms with Gasteiger partial charge in [0.25, 0.3) is 0 Å². The molecule has 0 fully saturated rings. The van der Waals surface area contributed by atoms with Gasteiger partial charge in [0.05, 0.1) is 17.3 Å². The molecule has 1 atom stereocenters. The highest BCUT2D eigenvalue weighted by molar-refractivity contribution is 6.04. The summed E-state index contributed by atoms with van der Waals surface area (Å²) in [4.78, 5) is 24.5. The van der Waals surface area contributed by atoms with Crippen molar-refractivity contribution in [3.8, 4) is 0 Å². The van der Waals surface area contributed by atoms with Gasteiger partial charge >= 0.3 is 5.63 Å². The van der Waals surface area contributed by atoms with Crippen LogP contribution in [0.5, 0.6) is 0 Å². The number of carbonyl (C=O) groups excluding carboxylic acids is 1. The maximum atomic E-state index is 12.4. The summed E-state index contributed by atoms with van der Waals surface area (Å²) in [7, 11) is 0. The monoisotopic (exact) mass is 346 g/mol. The standard InChI is InChI=1S/C21H18N2O3/c1-13-7-9-15(10-8-13)19-12-18(22-23(19)14(2)24)17-11-16-5-3-4-6-20(16)26-21(17)25/h3-11,19H,12H2,1-2H3. The van der Waals surface area contributed by atoms with E-state index in [4.69, 9.17) is 4.42 Å². The molecule has 5 heteroatoms. The minimum absolute atomic E-state index is 0.157. The molecule has 0 bridgehead atoms. The minimum atomic E-state index is -0.435. The number of carbonyl (C=O) groups is 1. The van der Waals surface area contributed by atoms with Crippen LogP contribution >= 0.6 is 0 Å². The number of hydrogen-bond donors (Lipinski definition) is 0. The Balaban J connectivity index is 1.77. The average molecular weight is 346 g/mol. The second-order valence-electron chi connectivity index (χ2n) is 6.53. The molecule has 0 aliphatic carbocycles. The normalized spacial score (nSPS) is 16.8. The third kappa shape index (κ3) is 2.81. The maximum Gasteiger partial charge on any atom is 0.345 e. The SMILES string of the molecule is CC(=O)N1N=C(c2cc3ccccc3oc2=O)CC1c1ccc(C)cc1. The molecule has 1 aliphatic heterocycles. The van der Waals surface area contributed by atoms with E-state index in [9.17, 15) is 9.59 Å². The van der Waals surface area contributed by atoms with Crippen LogP contribution in [0.3, 0.4) is 0 Å². The number of nitrogens with zero attached hydrogens (tertiary/aromatic N) is 2. The second-order valence-corrected chi connectivity index (χ2v) is 6.53. The van der Waals surface area contributed by atoms with E-state index in [-0.39, 0.29) is 11.9 Å². The highest BCUT2D eigenvalue weighted by Crippen LogP contribution is 2.32. The van der Waals surface area contributed by atoms with Gasteiger partial charge in [-0.15, -0.1) is 0 Å². The average Bonchev–Trinajstić information content (AvgIpc) is 3.07. The molecular weight excluding hydrogens is 328 g/mol. The molecule has 5 nitrogen and oxygen atoms in total. The lowest BCUT2D eigenvalue weighted by Crippen LogP contribution is -2.24. The predicted octanol–water partition coefficient (Wildman–Crippen LogP) is 3.80. The minimum Gasteiger partial charge on any atom is -0.422 e. The lowest BCUT2D eigenvalue weighted by atomic mass is 9.98. The van der Waals surface area contributed by atoms with Crippen LogP contribution in [-0.4, -0.2) is 16.6 Å². The highest BCUT2D eigenvalue weighted by atomic mass is 16.4. The number of aryl methyl sites for hydroxylation is 1. The van der Waals surface area contributed by atoms with E-state index >= 15 is 0 Å². The van der Waals surface area contributed by atoms with Crippen LogP contribution < -0.4 is 5.63 Å². The molecule has 2 heterocycles. The van der Waals surface area contributed by atoms with E-state index in [1.165, 1.54) is 11.9 Å². The number of hydrogen-bond acceptors (Lipinski definition) is 4. The fraction of sp³-hybridized carbons (Fsp3) is 0.190. The van der Waals surface area contributed by atoms with E-state index < -0.39 is 5.63 Å². The highest BCUT2D eigenvalue weighted by Gasteiger charge is 2.32. The Hall–Kier alpha value is -3.21. The zero-order valence-electron chi connectivity index (χ0n) is 14.6. The third-order valence-electron chi connectivity index (χ3n) is 4.65. The Morgan fingerprint density at radius 1 is 1.15 bits per heavy atom. The van der Waals surface area contributed by atoms with Crippen molar-refractivity contribution in [3.05, 3.63) is 81.7 Å². The lowest BCUT2D eigenvalue weighted by Gasteiger charge is -2.20. The Labute approximate surface area is 150 Å². The van der Waals surface area contributed by atoms with Gasteiger partial charge in [-0.3, -0.25) is 4.79 Å². The Bertz CT molecular complexity index is 1080. The lowest BCUT2D eigenvalue weighted by molar-refractivity contribution is -0.130. The third-order valence-corrected chi connectivity index (χ3v) is 4.65. The van der Waals surface area contributed by atoms with Crippen LogP contribution in [0.4, 0.5) is 0 Å². The van der Waals surface area contributed by atoms with Gasteiger partial charge < -0.3 is 4.42 Å². The Morgan fingerprint density at radius 3 is 2.62 bits per heavy atom. The number of rotatable bonds is 2. The molecule has 0 spiro atoms. The summed E-state index contributed by atoms with van der Waals surface area (Å²) in [5.74, 6) is -0.157. The second kappa shape index (κ2) is 6.26. The maximum absolute atomic E-state index is 12.4. The summed E-state index contributed by atoms with van der Waals surface area (Å²) >= 11 is 0. The molecule has 1 amide bonds. The van der Waals surface area contributed by atoms with Crippen molar-refractivity contribution in [1.82, 2.24) is 5.01 Å². The van der Waals surface area contributed by atoms with Gasteiger partial charge in [-0.25, -0.2) is 9.80 Å². The summed E-state index contributed by atoms with van der Waals surface area (Å²) in [6.07, 6.45) is 0.478. The predicted molar refractivity (Wildman–Crippen MR) is 100 cm³/mol. The van der Waals surface area contributed by atoms with Crippen molar-refractivity contribution in [2.45, 2.75) is 26.3 Å². The van der Waals surface area contributed by atoms with Gasteiger partial charge in [0.2, 0.25) is 5.91 Å². The van der Waals surface area contributed by atoms with Gasteiger partial charge in [-0.05, 0) is 24.6 Å². The first-order valence-electron chi connectivity index (χ1n) is 8.50. The summed E-state index contributed by atoms with van der Waals surface area (Å²) in [5.41, 5.74) is 3.23. The van der Waals surface area contributed by atoms with Crippen molar-refractivity contribution < 1.29 is 9.21 Å². The van der Waals surface area contributed by atoms with Crippen molar-refractivity contribution in [3.63, 3.8) is 0 Å². The molecule has 130 valence electrons. The van der Waals surface area contributed by atoms with E-state index in [0.29, 0.717) is 23.3 Å². The van der Waals surface area contributed by atoms with Crippen molar-refractivity contribution in [1.29, 1.82) is 0 Å². The van der Waals surface area contributed by atoms with E-state index in [1.54, 1.807) is 12.1 Å². The van der Waals surface area contributed by atoms with Gasteiger partial charge in [0.1, 0.15) is 5.58 Å². The van der Waals surface area contributed by atoms with Gasteiger partial charge in [-0.1, -0.05) is 48.0 Å². The zero-order chi connectivity index (χ0) is 18.3. The Kier molecular flexibility index (Phi) is 3.92. The molecule has 1 aromatic heterocycles. The molecule has 1 aliphatic rings. The van der Waals surface area contributed by atoms with Crippen LogP contribution in [-0.2, 0) is 4.79 Å². The smallest absolute Gasteiger partial charge is 0.345 e. The summed E-state index contributed by atoms with van der Waals surface area (Å²) in [6, 6.07) is 16.9. The zero-order valence-corrected chi connectivity index (χ0v) is 14.6. The van der Waals surface area contributed by atoms with Crippen molar-refractivity contribution >= 4 is 22.6 Å². The van der Waals surface area contributed by atoms with E-state index in [2.05, 4.69) is 5.10 Å². The summed E-state index contributed by atoms with van der Waals surface area (Å²) < 4.78 is 5.42. The first kappa shape index (κ1) is 16.3. The molecule has 26 heavy (non-hydrogen) atoms. The van der Waals surface area contributed by atoms with Gasteiger partial charge in [-0.2, -0.15) is 5.10 Å². The fourth-order valence-electron chi connectivity index (χ4n) is 3.27. The molecule has 1 unspecified atom stereocenters. The quantitative estimate of drug-likeness (QED) is 0.663. The van der Waals surface area contributed by atoms with Gasteiger partial charge in [0, 0.05) is 18.7 Å². The van der Waals surface area contributed by atoms with Crippen LogP contribution in [0, 0.1) is 6.92 Å². The molecule has 0 saturated heterocycles. The number of fused-ring (bicyclic) bond motifs is 1. The molecular formula is C21H18N2O3. The van der Waals surface area contributed by atoms with Crippen LogP contribution in [0.2, 0.25) is 0 Å². The first-order valence-corrected chi connectivity index (χ1v) is 8.50. The number of amides is 1. The van der Waals surface area contributed by atoms with Crippen LogP contribution in [0.1, 0.15) is 36.1 Å². The number of para-hydroxylation sites is 1. The molecule has 0 radical (unpaired) electrons. The van der Waals surface area contributed by atoms with E-state index in [1.807, 2.05) is 49.4 Å². The molecule has 4 rings (SSSR count). The number of hydrazone groups is 1. The molecule has 0 N–H and O–H groups in total. The van der Waals surface area contributed by atoms with Crippen molar-refractivity contribution in [2.24, 2.45) is 5.10 Å². The molecule has 0 saturated carbocycles. The Morgan fingerprint density at radius 2 is 1.88 bits per heavy atom. The van der Waals surface area contributed by atoms with Crippen LogP contribution in [0.25, 0.3) is 11.0 Å². The molecule has 3 aromatic rings.